The highest BCUT2D eigenvalue weighted by molar-refractivity contribution is 5.63. The van der Waals surface area contributed by atoms with Crippen molar-refractivity contribution in [1.29, 1.82) is 0 Å². The average Bonchev–Trinajstić information content (AvgIpc) is 3.05. The number of unbranched alkanes of at least 4 members (excludes halogenated alkanes) is 2. The number of nitrogens with one attached hydrogen (secondary N) is 1. The van der Waals surface area contributed by atoms with Gasteiger partial charge in [-0.3, -0.25) is 4.39 Å². The van der Waals surface area contributed by atoms with Crippen molar-refractivity contribution in [3.63, 3.8) is 0 Å². The quantitative estimate of drug-likeness (QED) is 0.622. The van der Waals surface area contributed by atoms with E-state index < -0.39 is 0 Å². The third kappa shape index (κ3) is 3.71. The highest BCUT2D eigenvalue weighted by Crippen LogP contribution is 2.21. The fourth-order valence-electron chi connectivity index (χ4n) is 2.59. The maximum absolute atomic E-state index is 12.1. The maximum Gasteiger partial charge on any atom is 0.154 e. The molecule has 6 heteroatoms. The molecule has 0 radical (unpaired) electrons. The Bertz CT molecular complexity index is 782. The summed E-state index contributed by atoms with van der Waals surface area (Å²) in [6, 6.07) is 12.0. The zero-order chi connectivity index (χ0) is 16.8. The smallest absolute Gasteiger partial charge is 0.154 e. The lowest BCUT2D eigenvalue weighted by Gasteiger charge is -2.07. The molecule has 0 bridgehead atoms. The summed E-state index contributed by atoms with van der Waals surface area (Å²) in [6.07, 6.45) is 4.26. The van der Waals surface area contributed by atoms with E-state index in [9.17, 15) is 4.39 Å². The van der Waals surface area contributed by atoms with Crippen molar-refractivity contribution in [3.05, 3.63) is 48.2 Å². The van der Waals surface area contributed by atoms with Crippen molar-refractivity contribution < 1.29 is 4.39 Å². The van der Waals surface area contributed by atoms with E-state index in [0.717, 1.165) is 47.7 Å². The summed E-state index contributed by atoms with van der Waals surface area (Å²) in [5.41, 5.74) is 9.53. The first kappa shape index (κ1) is 16.4. The molecule has 2 aromatic heterocycles. The van der Waals surface area contributed by atoms with Crippen LogP contribution in [0.25, 0.3) is 16.9 Å². The third-order valence-electron chi connectivity index (χ3n) is 3.96. The van der Waals surface area contributed by atoms with E-state index in [1.54, 1.807) is 0 Å². The summed E-state index contributed by atoms with van der Waals surface area (Å²) < 4.78 is 13.9. The second-order valence-corrected chi connectivity index (χ2v) is 5.71. The maximum atomic E-state index is 12.1. The number of alkyl halides is 1. The Labute approximate surface area is 140 Å². The molecule has 0 aliphatic carbocycles. The number of benzene rings is 1. The van der Waals surface area contributed by atoms with Crippen molar-refractivity contribution >= 4 is 11.5 Å². The molecule has 24 heavy (non-hydrogen) atoms. The minimum atomic E-state index is -0.244. The van der Waals surface area contributed by atoms with Gasteiger partial charge in [0.25, 0.3) is 0 Å². The highest BCUT2D eigenvalue weighted by atomic mass is 19.1. The van der Waals surface area contributed by atoms with Gasteiger partial charge >= 0.3 is 0 Å². The number of imidazole rings is 1. The van der Waals surface area contributed by atoms with Crippen LogP contribution in [0, 0.1) is 0 Å². The fraction of sp³-hybridized carbons (Fsp3) is 0.333. The van der Waals surface area contributed by atoms with Gasteiger partial charge in [-0.1, -0.05) is 24.3 Å². The van der Waals surface area contributed by atoms with Gasteiger partial charge in [-0.05, 0) is 37.0 Å². The molecule has 0 unspecified atom stereocenters. The molecular formula is C18H22FN5. The molecule has 1 aromatic carbocycles. The van der Waals surface area contributed by atoms with Crippen molar-refractivity contribution in [2.75, 3.05) is 18.5 Å². The van der Waals surface area contributed by atoms with E-state index in [1.165, 1.54) is 0 Å². The Balaban J connectivity index is 1.78. The highest BCUT2D eigenvalue weighted by Gasteiger charge is 2.08. The Kier molecular flexibility index (Phi) is 5.38. The summed E-state index contributed by atoms with van der Waals surface area (Å²) in [4.78, 5) is 4.41. The van der Waals surface area contributed by atoms with Crippen LogP contribution in [0.15, 0.2) is 42.6 Å². The van der Waals surface area contributed by atoms with Gasteiger partial charge < -0.3 is 11.1 Å². The molecule has 3 aromatic rings. The largest absolute Gasteiger partial charge is 0.369 e. The van der Waals surface area contributed by atoms with Gasteiger partial charge in [0, 0.05) is 18.7 Å². The van der Waals surface area contributed by atoms with Crippen LogP contribution >= 0.6 is 0 Å². The number of hydrogen-bond donors (Lipinski definition) is 2. The molecule has 0 saturated heterocycles. The van der Waals surface area contributed by atoms with Crippen LogP contribution in [-0.2, 0) is 6.54 Å². The topological polar surface area (TPSA) is 68.2 Å². The molecule has 3 rings (SSSR count). The molecule has 3 N–H and O–H groups in total. The normalized spacial score (nSPS) is 11.1. The molecular weight excluding hydrogens is 305 g/mol. The van der Waals surface area contributed by atoms with Gasteiger partial charge in [0.2, 0.25) is 0 Å². The van der Waals surface area contributed by atoms with Gasteiger partial charge in [0.15, 0.2) is 5.65 Å². The molecule has 5 nitrogen and oxygen atoms in total. The number of halogens is 1. The number of rotatable bonds is 8. The summed E-state index contributed by atoms with van der Waals surface area (Å²) in [6.45, 7) is 1.07. The Morgan fingerprint density at radius 3 is 2.62 bits per heavy atom. The van der Waals surface area contributed by atoms with Gasteiger partial charge in [-0.2, -0.15) is 0 Å². The number of nitrogens with zero attached hydrogens (tertiary/aromatic N) is 3. The molecule has 0 spiro atoms. The summed E-state index contributed by atoms with van der Waals surface area (Å²) in [5.74, 6) is 0.792. The molecule has 0 atom stereocenters. The SMILES string of the molecule is NCc1ccc(-c2cnc3ccc(NCCCCCF)nn23)cc1. The number of hydrogen-bond acceptors (Lipinski definition) is 4. The van der Waals surface area contributed by atoms with Crippen molar-refractivity contribution in [1.82, 2.24) is 14.6 Å². The molecule has 0 saturated carbocycles. The lowest BCUT2D eigenvalue weighted by Crippen LogP contribution is -2.06. The lowest BCUT2D eigenvalue weighted by molar-refractivity contribution is 0.458. The van der Waals surface area contributed by atoms with Crippen LogP contribution < -0.4 is 11.1 Å². The predicted octanol–water partition coefficient (Wildman–Crippen LogP) is 3.41. The minimum absolute atomic E-state index is 0.244. The monoisotopic (exact) mass is 327 g/mol. The summed E-state index contributed by atoms with van der Waals surface area (Å²) in [5, 5.41) is 7.90. The predicted molar refractivity (Wildman–Crippen MR) is 94.6 cm³/mol. The Hall–Kier alpha value is -2.47. The van der Waals surface area contributed by atoms with Crippen LogP contribution in [0.2, 0.25) is 0 Å². The molecule has 126 valence electrons. The molecule has 0 aliphatic rings. The second kappa shape index (κ2) is 7.88. The molecule has 2 heterocycles. The van der Waals surface area contributed by atoms with Crippen molar-refractivity contribution in [2.45, 2.75) is 25.8 Å². The number of aromatic nitrogens is 3. The second-order valence-electron chi connectivity index (χ2n) is 5.71. The fourth-order valence-corrected chi connectivity index (χ4v) is 2.59. The van der Waals surface area contributed by atoms with E-state index in [-0.39, 0.29) is 6.67 Å². The standard InChI is InChI=1S/C18H22FN5/c19-10-2-1-3-11-21-17-8-9-18-22-13-16(24(18)23-17)15-6-4-14(12-20)5-7-15/h4-9,13H,1-3,10-12,20H2,(H,21,23). The van der Waals surface area contributed by atoms with E-state index in [1.807, 2.05) is 47.1 Å². The van der Waals surface area contributed by atoms with Crippen LogP contribution in [0.5, 0.6) is 0 Å². The first-order chi connectivity index (χ1) is 11.8. The van der Waals surface area contributed by atoms with E-state index in [2.05, 4.69) is 15.4 Å². The summed E-state index contributed by atoms with van der Waals surface area (Å²) in [7, 11) is 0. The zero-order valence-corrected chi connectivity index (χ0v) is 13.6. The van der Waals surface area contributed by atoms with Gasteiger partial charge in [0.05, 0.1) is 18.6 Å². The first-order valence-electron chi connectivity index (χ1n) is 8.26. The zero-order valence-electron chi connectivity index (χ0n) is 13.6. The van der Waals surface area contributed by atoms with E-state index >= 15 is 0 Å². The van der Waals surface area contributed by atoms with Crippen molar-refractivity contribution in [3.8, 4) is 11.3 Å². The first-order valence-corrected chi connectivity index (χ1v) is 8.26. The van der Waals surface area contributed by atoms with E-state index in [4.69, 9.17) is 5.73 Å². The summed E-state index contributed by atoms with van der Waals surface area (Å²) >= 11 is 0. The van der Waals surface area contributed by atoms with Crippen LogP contribution in [0.4, 0.5) is 10.2 Å². The van der Waals surface area contributed by atoms with Crippen LogP contribution in [-0.4, -0.2) is 27.8 Å². The minimum Gasteiger partial charge on any atom is -0.369 e. The van der Waals surface area contributed by atoms with Crippen LogP contribution in [0.3, 0.4) is 0 Å². The Morgan fingerprint density at radius 1 is 1.04 bits per heavy atom. The molecule has 0 aliphatic heterocycles. The van der Waals surface area contributed by atoms with E-state index in [0.29, 0.717) is 13.0 Å². The lowest BCUT2D eigenvalue weighted by atomic mass is 10.1. The van der Waals surface area contributed by atoms with Crippen LogP contribution in [0.1, 0.15) is 24.8 Å². The number of fused-ring (bicyclic) bond motifs is 1. The Morgan fingerprint density at radius 2 is 1.88 bits per heavy atom. The number of anilines is 1. The third-order valence-corrected chi connectivity index (χ3v) is 3.96. The van der Waals surface area contributed by atoms with Gasteiger partial charge in [0.1, 0.15) is 5.82 Å². The average molecular weight is 327 g/mol. The van der Waals surface area contributed by atoms with Crippen molar-refractivity contribution in [2.24, 2.45) is 5.73 Å². The molecule has 0 fully saturated rings. The van der Waals surface area contributed by atoms with Gasteiger partial charge in [-0.25, -0.2) is 9.50 Å². The van der Waals surface area contributed by atoms with Gasteiger partial charge in [-0.15, -0.1) is 5.10 Å². The molecule has 0 amide bonds. The number of nitrogens with two attached hydrogens (primary N) is 1.